The summed E-state index contributed by atoms with van der Waals surface area (Å²) in [6, 6.07) is 6.07. The molecular weight excluding hydrogens is 252 g/mol. The maximum absolute atomic E-state index is 5.85. The molecule has 1 aliphatic heterocycles. The smallest absolute Gasteiger partial charge is 0.132 e. The molecular formula is C15H18N4O. The Morgan fingerprint density at radius 1 is 1.40 bits per heavy atom. The number of aryl methyl sites for hydroxylation is 1. The first kappa shape index (κ1) is 13.0. The van der Waals surface area contributed by atoms with Crippen LogP contribution in [0.2, 0.25) is 0 Å². The van der Waals surface area contributed by atoms with Crippen molar-refractivity contribution in [3.05, 3.63) is 48.2 Å². The van der Waals surface area contributed by atoms with E-state index in [1.165, 1.54) is 5.56 Å². The fourth-order valence-electron chi connectivity index (χ4n) is 2.45. The Labute approximate surface area is 118 Å². The summed E-state index contributed by atoms with van der Waals surface area (Å²) in [4.78, 5) is 14.9. The molecule has 3 rings (SSSR count). The average Bonchev–Trinajstić information content (AvgIpc) is 2.49. The van der Waals surface area contributed by atoms with Crippen LogP contribution < -0.4 is 4.90 Å². The van der Waals surface area contributed by atoms with E-state index in [2.05, 4.69) is 25.9 Å². The van der Waals surface area contributed by atoms with Crippen LogP contribution in [0.1, 0.15) is 11.3 Å². The van der Waals surface area contributed by atoms with Crippen molar-refractivity contribution in [2.24, 2.45) is 0 Å². The number of rotatable bonds is 3. The molecule has 0 bridgehead atoms. The molecule has 2 aromatic heterocycles. The Balaban J connectivity index is 1.67. The molecule has 20 heavy (non-hydrogen) atoms. The van der Waals surface area contributed by atoms with Crippen LogP contribution in [0.3, 0.4) is 0 Å². The highest BCUT2D eigenvalue weighted by Crippen LogP contribution is 2.17. The molecule has 104 valence electrons. The normalized spacial score (nSPS) is 19.1. The molecule has 5 nitrogen and oxygen atoms in total. The lowest BCUT2D eigenvalue weighted by Gasteiger charge is -2.33. The van der Waals surface area contributed by atoms with Gasteiger partial charge in [0, 0.05) is 43.7 Å². The number of ether oxygens (including phenoxy) is 1. The van der Waals surface area contributed by atoms with Gasteiger partial charge in [0.1, 0.15) is 12.1 Å². The Hall–Kier alpha value is -2.01. The number of aromatic nitrogens is 3. The predicted molar refractivity (Wildman–Crippen MR) is 76.7 cm³/mol. The van der Waals surface area contributed by atoms with Crippen molar-refractivity contribution >= 4 is 5.82 Å². The maximum Gasteiger partial charge on any atom is 0.132 e. The number of hydrogen-bond donors (Lipinski definition) is 0. The molecule has 1 fully saturated rings. The zero-order valence-electron chi connectivity index (χ0n) is 11.6. The van der Waals surface area contributed by atoms with E-state index in [1.807, 2.05) is 25.3 Å². The molecule has 1 atom stereocenters. The third kappa shape index (κ3) is 3.11. The summed E-state index contributed by atoms with van der Waals surface area (Å²) in [5, 5.41) is 0. The van der Waals surface area contributed by atoms with Crippen molar-refractivity contribution in [3.63, 3.8) is 0 Å². The van der Waals surface area contributed by atoms with Crippen LogP contribution >= 0.6 is 0 Å². The molecule has 2 aromatic rings. The van der Waals surface area contributed by atoms with Crippen LogP contribution in [0.15, 0.2) is 36.9 Å². The molecule has 0 saturated carbocycles. The highest BCUT2D eigenvalue weighted by Gasteiger charge is 2.21. The second-order valence-corrected chi connectivity index (χ2v) is 5.02. The quantitative estimate of drug-likeness (QED) is 0.848. The van der Waals surface area contributed by atoms with Gasteiger partial charge >= 0.3 is 0 Å². The van der Waals surface area contributed by atoms with E-state index in [0.717, 1.165) is 37.6 Å². The minimum Gasteiger partial charge on any atom is -0.374 e. The summed E-state index contributed by atoms with van der Waals surface area (Å²) in [6.45, 7) is 4.44. The van der Waals surface area contributed by atoms with Gasteiger partial charge in [0.25, 0.3) is 0 Å². The van der Waals surface area contributed by atoms with Gasteiger partial charge in [0.2, 0.25) is 0 Å². The van der Waals surface area contributed by atoms with E-state index in [0.29, 0.717) is 0 Å². The first-order valence-electron chi connectivity index (χ1n) is 6.85. The van der Waals surface area contributed by atoms with Gasteiger partial charge < -0.3 is 9.64 Å². The summed E-state index contributed by atoms with van der Waals surface area (Å²) in [6.07, 6.45) is 6.38. The van der Waals surface area contributed by atoms with Gasteiger partial charge in [-0.1, -0.05) is 6.07 Å². The standard InChI is InChI=1S/C15H18N4O/c1-12-7-15(18-11-17-12)19-5-6-20-14(10-19)8-13-3-2-4-16-9-13/h2-4,7,9,11,14H,5-6,8,10H2,1H3. The van der Waals surface area contributed by atoms with Crippen LogP contribution in [0.25, 0.3) is 0 Å². The van der Waals surface area contributed by atoms with Gasteiger partial charge in [0.05, 0.1) is 12.7 Å². The Kier molecular flexibility index (Phi) is 3.87. The van der Waals surface area contributed by atoms with E-state index in [-0.39, 0.29) is 6.10 Å². The molecule has 1 saturated heterocycles. The molecule has 1 unspecified atom stereocenters. The molecule has 0 aliphatic carbocycles. The third-order valence-electron chi connectivity index (χ3n) is 3.44. The summed E-state index contributed by atoms with van der Waals surface area (Å²) in [5.74, 6) is 0.983. The number of anilines is 1. The minimum atomic E-state index is 0.184. The van der Waals surface area contributed by atoms with Crippen molar-refractivity contribution in [2.75, 3.05) is 24.6 Å². The molecule has 0 amide bonds. The van der Waals surface area contributed by atoms with E-state index in [4.69, 9.17) is 4.74 Å². The molecule has 0 N–H and O–H groups in total. The van der Waals surface area contributed by atoms with Crippen molar-refractivity contribution < 1.29 is 4.74 Å². The molecule has 3 heterocycles. The summed E-state index contributed by atoms with van der Waals surface area (Å²) >= 11 is 0. The SMILES string of the molecule is Cc1cc(N2CCOC(Cc3cccnc3)C2)ncn1. The van der Waals surface area contributed by atoms with E-state index in [1.54, 1.807) is 12.5 Å². The van der Waals surface area contributed by atoms with Gasteiger partial charge in [0.15, 0.2) is 0 Å². The fourth-order valence-corrected chi connectivity index (χ4v) is 2.45. The number of hydrogen-bond acceptors (Lipinski definition) is 5. The van der Waals surface area contributed by atoms with Gasteiger partial charge in [-0.25, -0.2) is 9.97 Å². The third-order valence-corrected chi connectivity index (χ3v) is 3.44. The second-order valence-electron chi connectivity index (χ2n) is 5.02. The van der Waals surface area contributed by atoms with Crippen LogP contribution in [0, 0.1) is 6.92 Å². The van der Waals surface area contributed by atoms with Gasteiger partial charge in [-0.2, -0.15) is 0 Å². The molecule has 0 radical (unpaired) electrons. The van der Waals surface area contributed by atoms with E-state index in [9.17, 15) is 0 Å². The van der Waals surface area contributed by atoms with Gasteiger partial charge in [-0.15, -0.1) is 0 Å². The van der Waals surface area contributed by atoms with Crippen LogP contribution in [-0.4, -0.2) is 40.8 Å². The average molecular weight is 270 g/mol. The number of nitrogens with zero attached hydrogens (tertiary/aromatic N) is 4. The predicted octanol–water partition coefficient (Wildman–Crippen LogP) is 1.63. The maximum atomic E-state index is 5.85. The second kappa shape index (κ2) is 5.96. The number of pyridine rings is 1. The van der Waals surface area contributed by atoms with E-state index < -0.39 is 0 Å². The zero-order valence-corrected chi connectivity index (χ0v) is 11.6. The highest BCUT2D eigenvalue weighted by atomic mass is 16.5. The van der Waals surface area contributed by atoms with Crippen molar-refractivity contribution in [1.82, 2.24) is 15.0 Å². The first-order valence-corrected chi connectivity index (χ1v) is 6.85. The van der Waals surface area contributed by atoms with Gasteiger partial charge in [-0.3, -0.25) is 4.98 Å². The lowest BCUT2D eigenvalue weighted by Crippen LogP contribution is -2.43. The lowest BCUT2D eigenvalue weighted by molar-refractivity contribution is 0.0407. The minimum absolute atomic E-state index is 0.184. The molecule has 0 aromatic carbocycles. The first-order chi connectivity index (χ1) is 9.81. The topological polar surface area (TPSA) is 51.1 Å². The van der Waals surface area contributed by atoms with E-state index >= 15 is 0 Å². The lowest BCUT2D eigenvalue weighted by atomic mass is 10.1. The van der Waals surface area contributed by atoms with Crippen LogP contribution in [0.4, 0.5) is 5.82 Å². The fraction of sp³-hybridized carbons (Fsp3) is 0.400. The highest BCUT2D eigenvalue weighted by molar-refractivity contribution is 5.39. The Morgan fingerprint density at radius 2 is 2.35 bits per heavy atom. The van der Waals surface area contributed by atoms with Crippen molar-refractivity contribution in [1.29, 1.82) is 0 Å². The number of morpholine rings is 1. The van der Waals surface area contributed by atoms with Crippen molar-refractivity contribution in [2.45, 2.75) is 19.4 Å². The molecule has 0 spiro atoms. The van der Waals surface area contributed by atoms with Crippen LogP contribution in [-0.2, 0) is 11.2 Å². The molecule has 1 aliphatic rings. The Morgan fingerprint density at radius 3 is 3.15 bits per heavy atom. The summed E-state index contributed by atoms with van der Waals surface area (Å²) in [7, 11) is 0. The van der Waals surface area contributed by atoms with Gasteiger partial charge in [-0.05, 0) is 18.6 Å². The molecule has 5 heteroatoms. The zero-order chi connectivity index (χ0) is 13.8. The largest absolute Gasteiger partial charge is 0.374 e. The summed E-state index contributed by atoms with van der Waals surface area (Å²) in [5.41, 5.74) is 2.20. The Bertz CT molecular complexity index is 561. The monoisotopic (exact) mass is 270 g/mol. The van der Waals surface area contributed by atoms with Crippen LogP contribution in [0.5, 0.6) is 0 Å². The summed E-state index contributed by atoms with van der Waals surface area (Å²) < 4.78 is 5.85. The van der Waals surface area contributed by atoms with Crippen molar-refractivity contribution in [3.8, 4) is 0 Å².